The molecule has 3 heteroatoms. The fraction of sp³-hybridized carbons (Fsp3) is 0.615. The van der Waals surface area contributed by atoms with Crippen LogP contribution in [0.15, 0.2) is 24.9 Å². The van der Waals surface area contributed by atoms with E-state index < -0.39 is 0 Å². The molecule has 1 saturated carbocycles. The zero-order valence-corrected chi connectivity index (χ0v) is 10.2. The number of aromatic nitrogens is 2. The van der Waals surface area contributed by atoms with Gasteiger partial charge in [-0.15, -0.1) is 6.58 Å². The van der Waals surface area contributed by atoms with Gasteiger partial charge >= 0.3 is 0 Å². The molecule has 1 heterocycles. The first kappa shape index (κ1) is 11.4. The Bertz CT molecular complexity index is 365. The summed E-state index contributed by atoms with van der Waals surface area (Å²) in [5.41, 5.74) is 1.25. The van der Waals surface area contributed by atoms with Crippen molar-refractivity contribution in [2.45, 2.75) is 32.2 Å². The maximum atomic E-state index is 4.43. The van der Waals surface area contributed by atoms with E-state index in [1.165, 1.54) is 12.8 Å². The van der Waals surface area contributed by atoms with Crippen LogP contribution < -0.4 is 5.32 Å². The normalized spacial score (nSPS) is 19.4. The van der Waals surface area contributed by atoms with E-state index in [4.69, 9.17) is 0 Å². The topological polar surface area (TPSA) is 29.9 Å². The molecule has 1 atom stereocenters. The number of nitrogens with zero attached hydrogens (tertiary/aromatic N) is 2. The molecule has 1 aromatic rings. The van der Waals surface area contributed by atoms with Crippen LogP contribution in [0.5, 0.6) is 0 Å². The summed E-state index contributed by atoms with van der Waals surface area (Å²) in [6, 6.07) is 2.84. The van der Waals surface area contributed by atoms with E-state index in [0.717, 1.165) is 24.7 Å². The van der Waals surface area contributed by atoms with E-state index in [-0.39, 0.29) is 5.41 Å². The van der Waals surface area contributed by atoms with Gasteiger partial charge in [0.2, 0.25) is 0 Å². The predicted molar refractivity (Wildman–Crippen MR) is 66.2 cm³/mol. The van der Waals surface area contributed by atoms with Crippen molar-refractivity contribution in [3.8, 4) is 0 Å². The molecule has 16 heavy (non-hydrogen) atoms. The highest BCUT2D eigenvalue weighted by molar-refractivity contribution is 5.08. The molecule has 0 amide bonds. The lowest BCUT2D eigenvalue weighted by Crippen LogP contribution is -2.33. The molecule has 1 N–H and O–H groups in total. The molecule has 1 unspecified atom stereocenters. The molecular weight excluding hydrogens is 198 g/mol. The third-order valence-electron chi connectivity index (χ3n) is 3.22. The van der Waals surface area contributed by atoms with E-state index in [1.807, 2.05) is 17.9 Å². The number of hydrogen-bond acceptors (Lipinski definition) is 2. The highest BCUT2D eigenvalue weighted by atomic mass is 15.2. The van der Waals surface area contributed by atoms with Gasteiger partial charge in [-0.3, -0.25) is 4.68 Å². The van der Waals surface area contributed by atoms with Crippen molar-refractivity contribution in [3.63, 3.8) is 0 Å². The molecule has 1 aromatic heterocycles. The Labute approximate surface area is 97.5 Å². The fourth-order valence-electron chi connectivity index (χ4n) is 1.84. The summed E-state index contributed by atoms with van der Waals surface area (Å²) >= 11 is 0. The smallest absolute Gasteiger partial charge is 0.0633 e. The summed E-state index contributed by atoms with van der Waals surface area (Å²) in [4.78, 5) is 0. The summed E-state index contributed by atoms with van der Waals surface area (Å²) in [6.45, 7) is 7.20. The van der Waals surface area contributed by atoms with Crippen molar-refractivity contribution in [2.75, 3.05) is 6.54 Å². The largest absolute Gasteiger partial charge is 0.313 e. The van der Waals surface area contributed by atoms with Crippen molar-refractivity contribution in [3.05, 3.63) is 30.6 Å². The third-order valence-corrected chi connectivity index (χ3v) is 3.22. The molecule has 88 valence electrons. The second kappa shape index (κ2) is 4.42. The molecular formula is C13H21N3. The van der Waals surface area contributed by atoms with Gasteiger partial charge in [-0.05, 0) is 18.9 Å². The van der Waals surface area contributed by atoms with Crippen molar-refractivity contribution in [1.29, 1.82) is 0 Å². The molecule has 0 radical (unpaired) electrons. The van der Waals surface area contributed by atoms with Gasteiger partial charge in [-0.1, -0.05) is 13.0 Å². The first-order valence-corrected chi connectivity index (χ1v) is 5.97. The summed E-state index contributed by atoms with van der Waals surface area (Å²) in [5.74, 6) is 0. The second-order valence-electron chi connectivity index (χ2n) is 5.17. The lowest BCUT2D eigenvalue weighted by atomic mass is 9.85. The maximum absolute atomic E-state index is 4.43. The Balaban J connectivity index is 1.93. The number of aryl methyl sites for hydroxylation is 1. The minimum absolute atomic E-state index is 0.108. The Hall–Kier alpha value is -1.09. The Kier molecular flexibility index (Phi) is 3.15. The van der Waals surface area contributed by atoms with Crippen LogP contribution in [0.3, 0.4) is 0 Å². The van der Waals surface area contributed by atoms with Crippen molar-refractivity contribution in [1.82, 2.24) is 15.1 Å². The van der Waals surface area contributed by atoms with Gasteiger partial charge in [0, 0.05) is 37.7 Å². The highest BCUT2D eigenvalue weighted by Gasteiger charge is 2.27. The van der Waals surface area contributed by atoms with Crippen molar-refractivity contribution >= 4 is 0 Å². The Morgan fingerprint density at radius 2 is 2.44 bits per heavy atom. The molecule has 1 aliphatic rings. The lowest BCUT2D eigenvalue weighted by Gasteiger charge is -2.25. The highest BCUT2D eigenvalue weighted by Crippen LogP contribution is 2.25. The summed E-state index contributed by atoms with van der Waals surface area (Å²) in [5, 5.41) is 8.00. The van der Waals surface area contributed by atoms with Gasteiger partial charge in [0.1, 0.15) is 0 Å². The van der Waals surface area contributed by atoms with E-state index >= 15 is 0 Å². The van der Waals surface area contributed by atoms with Crippen LogP contribution in [0.1, 0.15) is 25.5 Å². The predicted octanol–water partition coefficient (Wildman–Crippen LogP) is 1.91. The van der Waals surface area contributed by atoms with Gasteiger partial charge in [-0.25, -0.2) is 0 Å². The van der Waals surface area contributed by atoms with Crippen molar-refractivity contribution in [2.24, 2.45) is 12.5 Å². The lowest BCUT2D eigenvalue weighted by molar-refractivity contribution is 0.384. The average Bonchev–Trinajstić information content (AvgIpc) is 3.01. The number of rotatable bonds is 6. The van der Waals surface area contributed by atoms with Gasteiger partial charge < -0.3 is 5.32 Å². The molecule has 3 nitrogen and oxygen atoms in total. The zero-order chi connectivity index (χ0) is 11.6. The number of hydrogen-bond donors (Lipinski definition) is 1. The average molecular weight is 219 g/mol. The summed E-state index contributed by atoms with van der Waals surface area (Å²) in [7, 11) is 1.96. The van der Waals surface area contributed by atoms with Crippen LogP contribution in [-0.4, -0.2) is 22.4 Å². The molecule has 0 bridgehead atoms. The minimum Gasteiger partial charge on any atom is -0.313 e. The van der Waals surface area contributed by atoms with Crippen LogP contribution in [0, 0.1) is 5.41 Å². The maximum Gasteiger partial charge on any atom is 0.0633 e. The molecule has 0 aliphatic heterocycles. The quantitative estimate of drug-likeness (QED) is 0.741. The second-order valence-corrected chi connectivity index (χ2v) is 5.17. The first-order valence-electron chi connectivity index (χ1n) is 5.97. The van der Waals surface area contributed by atoms with E-state index in [9.17, 15) is 0 Å². The van der Waals surface area contributed by atoms with Gasteiger partial charge in [0.05, 0.1) is 5.69 Å². The van der Waals surface area contributed by atoms with E-state index in [0.29, 0.717) is 0 Å². The SMILES string of the molecule is C=CC(C)(CNC1CC1)Cc1ccn(C)n1. The summed E-state index contributed by atoms with van der Waals surface area (Å²) in [6.07, 6.45) is 7.66. The first-order chi connectivity index (χ1) is 7.61. The molecule has 0 spiro atoms. The van der Waals surface area contributed by atoms with Gasteiger partial charge in [0.25, 0.3) is 0 Å². The van der Waals surface area contributed by atoms with Crippen LogP contribution in [0.4, 0.5) is 0 Å². The Morgan fingerprint density at radius 3 is 2.94 bits per heavy atom. The van der Waals surface area contributed by atoms with Gasteiger partial charge in [-0.2, -0.15) is 5.10 Å². The van der Waals surface area contributed by atoms with Crippen LogP contribution in [-0.2, 0) is 13.5 Å². The standard InChI is InChI=1S/C13H21N3/c1-4-13(2,10-14-11-5-6-11)9-12-7-8-16(3)15-12/h4,7-8,11,14H,1,5-6,9-10H2,2-3H3. The van der Waals surface area contributed by atoms with Crippen LogP contribution in [0.2, 0.25) is 0 Å². The minimum atomic E-state index is 0.108. The zero-order valence-electron chi connectivity index (χ0n) is 10.2. The van der Waals surface area contributed by atoms with Crippen molar-refractivity contribution < 1.29 is 0 Å². The monoisotopic (exact) mass is 219 g/mol. The van der Waals surface area contributed by atoms with Crippen LogP contribution >= 0.6 is 0 Å². The molecule has 1 fully saturated rings. The molecule has 1 aliphatic carbocycles. The van der Waals surface area contributed by atoms with E-state index in [1.54, 1.807) is 0 Å². The fourth-order valence-corrected chi connectivity index (χ4v) is 1.84. The molecule has 2 rings (SSSR count). The third kappa shape index (κ3) is 2.95. The molecule has 0 aromatic carbocycles. The van der Waals surface area contributed by atoms with E-state index in [2.05, 4.69) is 36.1 Å². The summed E-state index contributed by atoms with van der Waals surface area (Å²) < 4.78 is 1.85. The van der Waals surface area contributed by atoms with Gasteiger partial charge in [0.15, 0.2) is 0 Å². The van der Waals surface area contributed by atoms with Crippen LogP contribution in [0.25, 0.3) is 0 Å². The molecule has 0 saturated heterocycles. The number of nitrogens with one attached hydrogen (secondary N) is 1. The Morgan fingerprint density at radius 1 is 1.69 bits per heavy atom.